The molecule has 0 aromatic carbocycles. The normalized spacial score (nSPS) is 13.2. The summed E-state index contributed by atoms with van der Waals surface area (Å²) in [5.41, 5.74) is -7.31. The lowest BCUT2D eigenvalue weighted by atomic mass is 10.0. The van der Waals surface area contributed by atoms with Crippen LogP contribution < -0.4 is 4.18 Å². The maximum Gasteiger partial charge on any atom is 0.534 e. The molecule has 0 amide bonds. The number of rotatable bonds is 5. The van der Waals surface area contributed by atoms with Crippen LogP contribution in [0, 0.1) is 6.92 Å². The van der Waals surface area contributed by atoms with E-state index >= 15 is 0 Å². The molecular weight excluding hydrogens is 413 g/mol. The Hall–Kier alpha value is -2.87. The molecule has 0 aliphatic rings. The van der Waals surface area contributed by atoms with Crippen molar-refractivity contribution in [2.75, 3.05) is 14.2 Å². The predicted octanol–water partition coefficient (Wildman–Crippen LogP) is 0.864. The average molecular weight is 426 g/mol. The lowest BCUT2D eigenvalue weighted by molar-refractivity contribution is -0.150. The standard InChI is InChI=1S/C14H13F3N2O8S/c1-6-5-19-8(4-7(18-19)12(21)25-2)11(9(6)10(20)13(22)26-3)27-28(23,24)14(15,16)17/h4-5,10,20H,1-3H3/t10-/m0/s1. The Balaban J connectivity index is 2.85. The first kappa shape index (κ1) is 21.4. The Bertz CT molecular complexity index is 1050. The number of carbonyl (C=O) groups is 2. The summed E-state index contributed by atoms with van der Waals surface area (Å²) in [5.74, 6) is -3.30. The molecule has 2 rings (SSSR count). The second-order valence-electron chi connectivity index (χ2n) is 5.31. The van der Waals surface area contributed by atoms with E-state index in [1.165, 1.54) is 6.92 Å². The molecule has 14 heteroatoms. The van der Waals surface area contributed by atoms with Crippen molar-refractivity contribution >= 4 is 27.6 Å². The molecule has 1 atom stereocenters. The highest BCUT2D eigenvalue weighted by Crippen LogP contribution is 2.37. The zero-order valence-electron chi connectivity index (χ0n) is 14.5. The predicted molar refractivity (Wildman–Crippen MR) is 83.8 cm³/mol. The van der Waals surface area contributed by atoms with Crippen LogP contribution in [0.4, 0.5) is 13.2 Å². The number of fused-ring (bicyclic) bond motifs is 1. The van der Waals surface area contributed by atoms with Crippen molar-refractivity contribution in [3.8, 4) is 5.75 Å². The average Bonchev–Trinajstić information content (AvgIpc) is 3.02. The topological polar surface area (TPSA) is 134 Å². The van der Waals surface area contributed by atoms with Gasteiger partial charge in [0.15, 0.2) is 17.5 Å². The number of alkyl halides is 3. The van der Waals surface area contributed by atoms with E-state index in [4.69, 9.17) is 0 Å². The fourth-order valence-corrected chi connectivity index (χ4v) is 2.74. The Labute approximate surface area is 155 Å². The number of ether oxygens (including phenoxy) is 2. The number of methoxy groups -OCH3 is 2. The first-order valence-corrected chi connectivity index (χ1v) is 8.62. The molecule has 0 saturated heterocycles. The molecule has 28 heavy (non-hydrogen) atoms. The van der Waals surface area contributed by atoms with Crippen LogP contribution in [0.2, 0.25) is 0 Å². The highest BCUT2D eigenvalue weighted by molar-refractivity contribution is 7.88. The van der Waals surface area contributed by atoms with Gasteiger partial charge in [0.2, 0.25) is 0 Å². The molecule has 154 valence electrons. The van der Waals surface area contributed by atoms with E-state index in [0.717, 1.165) is 31.0 Å². The van der Waals surface area contributed by atoms with Gasteiger partial charge in [0, 0.05) is 17.8 Å². The van der Waals surface area contributed by atoms with Gasteiger partial charge in [-0.1, -0.05) is 0 Å². The van der Waals surface area contributed by atoms with Crippen molar-refractivity contribution in [2.24, 2.45) is 0 Å². The number of pyridine rings is 1. The van der Waals surface area contributed by atoms with E-state index in [0.29, 0.717) is 0 Å². The van der Waals surface area contributed by atoms with Gasteiger partial charge >= 0.3 is 27.6 Å². The SMILES string of the molecule is COC(=O)c1cc2c(OS(=O)(=O)C(F)(F)F)c([C@H](O)C(=O)OC)c(C)cn2n1. The van der Waals surface area contributed by atoms with Gasteiger partial charge in [-0.2, -0.15) is 26.7 Å². The number of aliphatic hydroxyl groups excluding tert-OH is 1. The Morgan fingerprint density at radius 3 is 2.36 bits per heavy atom. The summed E-state index contributed by atoms with van der Waals surface area (Å²) in [4.78, 5) is 23.3. The van der Waals surface area contributed by atoms with Gasteiger partial charge in [-0.05, 0) is 12.5 Å². The van der Waals surface area contributed by atoms with E-state index in [-0.39, 0.29) is 11.3 Å². The van der Waals surface area contributed by atoms with Crippen molar-refractivity contribution in [1.82, 2.24) is 9.61 Å². The van der Waals surface area contributed by atoms with Crippen LogP contribution in [-0.2, 0) is 24.4 Å². The molecule has 1 N–H and O–H groups in total. The minimum Gasteiger partial charge on any atom is -0.467 e. The number of halogens is 3. The van der Waals surface area contributed by atoms with Crippen LogP contribution in [0.25, 0.3) is 5.52 Å². The zero-order chi connectivity index (χ0) is 21.4. The van der Waals surface area contributed by atoms with Gasteiger partial charge in [-0.25, -0.2) is 14.1 Å². The molecule has 2 heterocycles. The molecule has 0 unspecified atom stereocenters. The van der Waals surface area contributed by atoms with Crippen molar-refractivity contribution in [2.45, 2.75) is 18.5 Å². The van der Waals surface area contributed by atoms with E-state index in [2.05, 4.69) is 18.8 Å². The summed E-state index contributed by atoms with van der Waals surface area (Å²) in [7, 11) is -4.26. The van der Waals surface area contributed by atoms with Gasteiger partial charge in [0.25, 0.3) is 0 Å². The molecule has 0 aliphatic carbocycles. The molecule has 10 nitrogen and oxygen atoms in total. The number of carbonyl (C=O) groups excluding carboxylic acids is 2. The van der Waals surface area contributed by atoms with E-state index in [1.807, 2.05) is 0 Å². The molecule has 0 fully saturated rings. The van der Waals surface area contributed by atoms with Crippen LogP contribution in [0.5, 0.6) is 5.75 Å². The molecule has 0 radical (unpaired) electrons. The molecule has 0 aliphatic heterocycles. The molecule has 2 aromatic heterocycles. The minimum absolute atomic E-state index is 0.0720. The number of hydrogen-bond donors (Lipinski definition) is 1. The monoisotopic (exact) mass is 426 g/mol. The molecule has 0 saturated carbocycles. The fourth-order valence-electron chi connectivity index (χ4n) is 2.25. The number of aromatic nitrogens is 2. The van der Waals surface area contributed by atoms with E-state index in [9.17, 15) is 36.3 Å². The maximum absolute atomic E-state index is 12.8. The van der Waals surface area contributed by atoms with Crippen LogP contribution in [0.15, 0.2) is 12.3 Å². The number of esters is 2. The quantitative estimate of drug-likeness (QED) is 0.420. The number of nitrogens with zero attached hydrogens (tertiary/aromatic N) is 2. The molecular formula is C14H13F3N2O8S. The third kappa shape index (κ3) is 3.73. The summed E-state index contributed by atoms with van der Waals surface area (Å²) in [6.45, 7) is 1.24. The Kier molecular flexibility index (Phi) is 5.57. The maximum atomic E-state index is 12.8. The van der Waals surface area contributed by atoms with Crippen LogP contribution in [-0.4, -0.2) is 54.8 Å². The smallest absolute Gasteiger partial charge is 0.467 e. The first-order chi connectivity index (χ1) is 12.8. The van der Waals surface area contributed by atoms with Crippen LogP contribution in [0.3, 0.4) is 0 Å². The van der Waals surface area contributed by atoms with Gasteiger partial charge in [0.1, 0.15) is 5.52 Å². The molecule has 0 spiro atoms. The summed E-state index contributed by atoms with van der Waals surface area (Å²) >= 11 is 0. The van der Waals surface area contributed by atoms with Gasteiger partial charge in [-0.3, -0.25) is 0 Å². The highest BCUT2D eigenvalue weighted by atomic mass is 32.2. The number of aryl methyl sites for hydroxylation is 1. The Morgan fingerprint density at radius 2 is 1.86 bits per heavy atom. The molecule has 2 aromatic rings. The van der Waals surface area contributed by atoms with E-state index < -0.39 is 50.5 Å². The van der Waals surface area contributed by atoms with Crippen LogP contribution in [0.1, 0.15) is 27.7 Å². The van der Waals surface area contributed by atoms with Gasteiger partial charge in [-0.15, -0.1) is 0 Å². The van der Waals surface area contributed by atoms with Gasteiger partial charge in [0.05, 0.1) is 14.2 Å². The lowest BCUT2D eigenvalue weighted by Gasteiger charge is -2.18. The van der Waals surface area contributed by atoms with Crippen molar-refractivity contribution in [3.05, 3.63) is 29.1 Å². The van der Waals surface area contributed by atoms with Crippen molar-refractivity contribution in [1.29, 1.82) is 0 Å². The minimum atomic E-state index is -6.18. The van der Waals surface area contributed by atoms with Crippen molar-refractivity contribution < 1.29 is 49.9 Å². The number of hydrogen-bond acceptors (Lipinski definition) is 9. The summed E-state index contributed by atoms with van der Waals surface area (Å²) in [6.07, 6.45) is -1.04. The third-order valence-electron chi connectivity index (χ3n) is 3.52. The third-order valence-corrected chi connectivity index (χ3v) is 4.48. The second kappa shape index (κ2) is 7.27. The number of aliphatic hydroxyl groups is 1. The van der Waals surface area contributed by atoms with E-state index in [1.54, 1.807) is 0 Å². The largest absolute Gasteiger partial charge is 0.534 e. The Morgan fingerprint density at radius 1 is 1.25 bits per heavy atom. The summed E-state index contributed by atoms with van der Waals surface area (Å²) in [5, 5.41) is 13.9. The van der Waals surface area contributed by atoms with Crippen molar-refractivity contribution in [3.63, 3.8) is 0 Å². The van der Waals surface area contributed by atoms with Crippen LogP contribution >= 0.6 is 0 Å². The zero-order valence-corrected chi connectivity index (χ0v) is 15.3. The van der Waals surface area contributed by atoms with Gasteiger partial charge < -0.3 is 18.8 Å². The first-order valence-electron chi connectivity index (χ1n) is 7.22. The second-order valence-corrected chi connectivity index (χ2v) is 6.85. The lowest BCUT2D eigenvalue weighted by Crippen LogP contribution is -2.29. The fraction of sp³-hybridized carbons (Fsp3) is 0.357. The molecule has 0 bridgehead atoms. The highest BCUT2D eigenvalue weighted by Gasteiger charge is 2.49. The summed E-state index contributed by atoms with van der Waals surface area (Å²) < 4.78 is 75.3. The summed E-state index contributed by atoms with van der Waals surface area (Å²) in [6, 6.07) is 0.875.